The Morgan fingerprint density at radius 3 is 1.66 bits per heavy atom. The predicted molar refractivity (Wildman–Crippen MR) is 119 cm³/mol. The Hall–Kier alpha value is -3.71. The van der Waals surface area contributed by atoms with Gasteiger partial charge in [0.05, 0.1) is 34.5 Å². The van der Waals surface area contributed by atoms with E-state index >= 15 is 0 Å². The number of rotatable bonds is 6. The van der Waals surface area contributed by atoms with Crippen LogP contribution in [0.2, 0.25) is 10.0 Å². The van der Waals surface area contributed by atoms with Gasteiger partial charge in [0.15, 0.2) is 11.6 Å². The van der Waals surface area contributed by atoms with Gasteiger partial charge < -0.3 is 9.80 Å². The summed E-state index contributed by atoms with van der Waals surface area (Å²) in [6.45, 7) is 1.15. The van der Waals surface area contributed by atoms with Crippen LogP contribution in [0.25, 0.3) is 11.4 Å². The summed E-state index contributed by atoms with van der Waals surface area (Å²) < 4.78 is 30.5. The number of amides is 2. The van der Waals surface area contributed by atoms with E-state index in [-0.39, 0.29) is 29.2 Å². The first-order chi connectivity index (χ1) is 16.9. The van der Waals surface area contributed by atoms with Gasteiger partial charge >= 0.3 is 6.03 Å². The summed E-state index contributed by atoms with van der Waals surface area (Å²) in [7, 11) is 0. The minimum atomic E-state index is -0.607. The molecular weight excluding hydrogens is 505 g/mol. The van der Waals surface area contributed by atoms with Crippen LogP contribution in [0.15, 0.2) is 36.4 Å². The molecule has 1 saturated heterocycles. The van der Waals surface area contributed by atoms with Crippen LogP contribution in [0.5, 0.6) is 0 Å². The second-order valence-electron chi connectivity index (χ2n) is 7.69. The molecule has 0 bridgehead atoms. The lowest BCUT2D eigenvalue weighted by Gasteiger charge is -2.34. The summed E-state index contributed by atoms with van der Waals surface area (Å²) in [6, 6.07) is 8.12. The van der Waals surface area contributed by atoms with Crippen LogP contribution >= 0.6 is 23.2 Å². The molecule has 1 aliphatic rings. The van der Waals surface area contributed by atoms with Gasteiger partial charge in [-0.15, -0.1) is 10.2 Å². The number of halogens is 4. The summed E-state index contributed by atoms with van der Waals surface area (Å²) in [5.41, 5.74) is 0.755. The molecule has 2 amide bonds. The Morgan fingerprint density at radius 2 is 1.23 bits per heavy atom. The summed E-state index contributed by atoms with van der Waals surface area (Å²) in [4.78, 5) is 16.4. The third kappa shape index (κ3) is 4.64. The summed E-state index contributed by atoms with van der Waals surface area (Å²) in [5.74, 6) is -0.514. The van der Waals surface area contributed by atoms with E-state index in [1.165, 1.54) is 33.6 Å². The molecule has 1 aliphatic heterocycles. The SMILES string of the molecule is O=C1N(Cc2nnnn2-c2ccc(Cl)c(F)c2)CCCN1Cc1nnnn1-c1ccc(Cl)c(F)c1. The molecule has 180 valence electrons. The number of urea groups is 1. The molecule has 0 atom stereocenters. The van der Waals surface area contributed by atoms with Crippen molar-refractivity contribution in [2.45, 2.75) is 19.5 Å². The Labute approximate surface area is 206 Å². The van der Waals surface area contributed by atoms with E-state index in [0.29, 0.717) is 42.5 Å². The lowest BCUT2D eigenvalue weighted by atomic mass is 10.2. The summed E-state index contributed by atoms with van der Waals surface area (Å²) >= 11 is 11.5. The highest BCUT2D eigenvalue weighted by Gasteiger charge is 2.29. The van der Waals surface area contributed by atoms with Gasteiger partial charge in [0.2, 0.25) is 0 Å². The van der Waals surface area contributed by atoms with Crippen molar-refractivity contribution in [3.63, 3.8) is 0 Å². The molecule has 35 heavy (non-hydrogen) atoms. The van der Waals surface area contributed by atoms with Crippen molar-refractivity contribution < 1.29 is 13.6 Å². The number of hydrogen-bond donors (Lipinski definition) is 0. The molecule has 2 aromatic carbocycles. The molecule has 11 nitrogen and oxygen atoms in total. The Kier molecular flexibility index (Phi) is 6.26. The Balaban J connectivity index is 1.33. The van der Waals surface area contributed by atoms with Crippen molar-refractivity contribution in [2.75, 3.05) is 13.1 Å². The van der Waals surface area contributed by atoms with Crippen molar-refractivity contribution >= 4 is 29.2 Å². The van der Waals surface area contributed by atoms with E-state index in [1.807, 2.05) is 0 Å². The third-order valence-corrected chi connectivity index (χ3v) is 6.04. The standard InChI is InChI=1S/C20H16Cl2F2N10O/c21-14-4-2-12(8-16(14)23)33-18(25-27-29-33)10-31-6-1-7-32(20(31)35)11-19-26-28-30-34(19)13-3-5-15(22)17(24)9-13/h2-5,8-9H,1,6-7,10-11H2. The van der Waals surface area contributed by atoms with Gasteiger partial charge in [-0.1, -0.05) is 23.2 Å². The van der Waals surface area contributed by atoms with Gasteiger partial charge in [-0.3, -0.25) is 0 Å². The van der Waals surface area contributed by atoms with E-state index in [0.717, 1.165) is 0 Å². The molecule has 2 aromatic heterocycles. The zero-order valence-electron chi connectivity index (χ0n) is 17.9. The second-order valence-corrected chi connectivity index (χ2v) is 8.50. The molecule has 1 fully saturated rings. The molecule has 3 heterocycles. The van der Waals surface area contributed by atoms with E-state index in [4.69, 9.17) is 23.2 Å². The monoisotopic (exact) mass is 520 g/mol. The van der Waals surface area contributed by atoms with E-state index in [1.54, 1.807) is 21.9 Å². The maximum absolute atomic E-state index is 13.9. The van der Waals surface area contributed by atoms with Crippen LogP contribution in [0, 0.1) is 11.6 Å². The highest BCUT2D eigenvalue weighted by atomic mass is 35.5. The second kappa shape index (κ2) is 9.50. The van der Waals surface area contributed by atoms with Crippen molar-refractivity contribution in [1.82, 2.24) is 50.2 Å². The normalized spacial score (nSPS) is 14.1. The first kappa shape index (κ1) is 23.1. The average Bonchev–Trinajstić information content (AvgIpc) is 3.50. The highest BCUT2D eigenvalue weighted by Crippen LogP contribution is 2.21. The lowest BCUT2D eigenvalue weighted by molar-refractivity contribution is 0.120. The van der Waals surface area contributed by atoms with E-state index in [2.05, 4.69) is 31.1 Å². The number of benzene rings is 2. The van der Waals surface area contributed by atoms with Gasteiger partial charge in [-0.05, 0) is 51.5 Å². The molecule has 0 saturated carbocycles. The summed E-state index contributed by atoms with van der Waals surface area (Å²) in [6.07, 6.45) is 0.681. The maximum Gasteiger partial charge on any atom is 0.320 e. The molecule has 15 heteroatoms. The molecule has 0 radical (unpaired) electrons. The largest absolute Gasteiger partial charge is 0.320 e. The minimum Gasteiger partial charge on any atom is -0.317 e. The number of hydrogen-bond acceptors (Lipinski definition) is 7. The zero-order valence-corrected chi connectivity index (χ0v) is 19.4. The number of carbonyl (C=O) groups is 1. The fourth-order valence-electron chi connectivity index (χ4n) is 3.72. The average molecular weight is 521 g/mol. The van der Waals surface area contributed by atoms with Crippen LogP contribution in [-0.4, -0.2) is 69.3 Å². The van der Waals surface area contributed by atoms with Crippen LogP contribution in [-0.2, 0) is 13.1 Å². The zero-order chi connectivity index (χ0) is 24.5. The van der Waals surface area contributed by atoms with Crippen molar-refractivity contribution in [2.24, 2.45) is 0 Å². The maximum atomic E-state index is 13.9. The molecule has 0 unspecified atom stereocenters. The third-order valence-electron chi connectivity index (χ3n) is 5.43. The van der Waals surface area contributed by atoms with Gasteiger partial charge in [0.1, 0.15) is 11.6 Å². The number of aromatic nitrogens is 8. The Bertz CT molecular complexity index is 1290. The number of carbonyl (C=O) groups excluding carboxylic acids is 1. The predicted octanol–water partition coefficient (Wildman–Crippen LogP) is 3.05. The fraction of sp³-hybridized carbons (Fsp3) is 0.250. The fourth-order valence-corrected chi connectivity index (χ4v) is 3.96. The van der Waals surface area contributed by atoms with Crippen molar-refractivity contribution in [1.29, 1.82) is 0 Å². The minimum absolute atomic E-state index is 0.0195. The molecular formula is C20H16Cl2F2N10O. The first-order valence-corrected chi connectivity index (χ1v) is 11.2. The van der Waals surface area contributed by atoms with Gasteiger partial charge in [-0.2, -0.15) is 9.36 Å². The number of tetrazole rings is 2. The van der Waals surface area contributed by atoms with E-state index < -0.39 is 11.6 Å². The first-order valence-electron chi connectivity index (χ1n) is 10.4. The molecule has 0 aliphatic carbocycles. The van der Waals surface area contributed by atoms with Crippen molar-refractivity contribution in [3.8, 4) is 11.4 Å². The van der Waals surface area contributed by atoms with Crippen LogP contribution in [0.3, 0.4) is 0 Å². The van der Waals surface area contributed by atoms with Crippen LogP contribution < -0.4 is 0 Å². The molecule has 0 spiro atoms. The topological polar surface area (TPSA) is 111 Å². The molecule has 5 rings (SSSR count). The van der Waals surface area contributed by atoms with Crippen LogP contribution in [0.1, 0.15) is 18.1 Å². The van der Waals surface area contributed by atoms with Crippen LogP contribution in [0.4, 0.5) is 13.6 Å². The highest BCUT2D eigenvalue weighted by molar-refractivity contribution is 6.31. The number of nitrogens with zero attached hydrogens (tertiary/aromatic N) is 10. The lowest BCUT2D eigenvalue weighted by Crippen LogP contribution is -2.48. The quantitative estimate of drug-likeness (QED) is 0.384. The van der Waals surface area contributed by atoms with Crippen molar-refractivity contribution in [3.05, 3.63) is 69.7 Å². The van der Waals surface area contributed by atoms with E-state index in [9.17, 15) is 13.6 Å². The molecule has 4 aromatic rings. The molecule has 0 N–H and O–H groups in total. The van der Waals surface area contributed by atoms with Gasteiger partial charge in [-0.25, -0.2) is 13.6 Å². The van der Waals surface area contributed by atoms with Gasteiger partial charge in [0, 0.05) is 25.2 Å². The summed E-state index contributed by atoms with van der Waals surface area (Å²) in [5, 5.41) is 23.1. The van der Waals surface area contributed by atoms with Gasteiger partial charge in [0.25, 0.3) is 0 Å². The smallest absolute Gasteiger partial charge is 0.317 e. The Morgan fingerprint density at radius 1 is 0.771 bits per heavy atom.